The molecule has 1 N–H and O–H groups in total. The minimum Gasteiger partial charge on any atom is -0.316 e. The summed E-state index contributed by atoms with van der Waals surface area (Å²) in [5, 5.41) is 3.67. The van der Waals surface area contributed by atoms with Crippen molar-refractivity contribution in [1.82, 2.24) is 5.32 Å². The Morgan fingerprint density at radius 2 is 2.10 bits per heavy atom. The first kappa shape index (κ1) is 15.9. The highest BCUT2D eigenvalue weighted by atomic mass is 32.2. The van der Waals surface area contributed by atoms with Crippen molar-refractivity contribution in [2.75, 3.05) is 18.8 Å². The van der Waals surface area contributed by atoms with Crippen LogP contribution in [0.15, 0.2) is 29.2 Å². The van der Waals surface area contributed by atoms with E-state index in [0.29, 0.717) is 5.41 Å². The molecule has 0 saturated heterocycles. The van der Waals surface area contributed by atoms with Gasteiger partial charge in [-0.3, -0.25) is 0 Å². The van der Waals surface area contributed by atoms with Crippen molar-refractivity contribution in [2.24, 2.45) is 11.3 Å². The lowest BCUT2D eigenvalue weighted by atomic mass is 9.77. The monoisotopic (exact) mass is 291 g/mol. The SMILES string of the molecule is CCC(C)(CNCC(C)C)CC1CSc2ccccc21. The Hall–Kier alpha value is -0.470. The first-order valence-electron chi connectivity index (χ1n) is 7.96. The van der Waals surface area contributed by atoms with Gasteiger partial charge in [0, 0.05) is 17.2 Å². The molecule has 2 heteroatoms. The second kappa shape index (κ2) is 7.00. The normalized spacial score (nSPS) is 20.9. The number of thioether (sulfide) groups is 1. The molecule has 1 aliphatic heterocycles. The number of nitrogens with one attached hydrogen (secondary N) is 1. The summed E-state index contributed by atoms with van der Waals surface area (Å²) in [7, 11) is 0. The molecule has 2 rings (SSSR count). The zero-order valence-electron chi connectivity index (χ0n) is 13.4. The fourth-order valence-electron chi connectivity index (χ4n) is 3.00. The van der Waals surface area contributed by atoms with Gasteiger partial charge in [-0.05, 0) is 48.3 Å². The van der Waals surface area contributed by atoms with Crippen LogP contribution in [-0.2, 0) is 0 Å². The molecular formula is C18H29NS. The standard InChI is InChI=1S/C18H29NS/c1-5-18(4,13-19-11-14(2)3)10-15-12-20-17-9-7-6-8-16(15)17/h6-9,14-15,19H,5,10-13H2,1-4H3. The number of hydrogen-bond donors (Lipinski definition) is 1. The van der Waals surface area contributed by atoms with E-state index >= 15 is 0 Å². The average Bonchev–Trinajstić information content (AvgIpc) is 2.82. The quantitative estimate of drug-likeness (QED) is 0.764. The third-order valence-corrected chi connectivity index (χ3v) is 5.75. The van der Waals surface area contributed by atoms with E-state index in [9.17, 15) is 0 Å². The zero-order chi connectivity index (χ0) is 14.6. The fourth-order valence-corrected chi connectivity index (χ4v) is 4.25. The van der Waals surface area contributed by atoms with Gasteiger partial charge in [-0.1, -0.05) is 45.9 Å². The Bertz CT molecular complexity index is 429. The molecule has 0 aromatic heterocycles. The summed E-state index contributed by atoms with van der Waals surface area (Å²) in [6, 6.07) is 8.97. The van der Waals surface area contributed by atoms with Crippen LogP contribution in [0.25, 0.3) is 0 Å². The van der Waals surface area contributed by atoms with E-state index in [4.69, 9.17) is 0 Å². The van der Waals surface area contributed by atoms with Crippen molar-refractivity contribution in [2.45, 2.75) is 51.3 Å². The van der Waals surface area contributed by atoms with Crippen LogP contribution in [0.5, 0.6) is 0 Å². The lowest BCUT2D eigenvalue weighted by Crippen LogP contribution is -2.34. The van der Waals surface area contributed by atoms with Crippen molar-refractivity contribution in [3.05, 3.63) is 29.8 Å². The van der Waals surface area contributed by atoms with Gasteiger partial charge in [-0.25, -0.2) is 0 Å². The molecule has 1 aliphatic rings. The summed E-state index contributed by atoms with van der Waals surface area (Å²) < 4.78 is 0. The summed E-state index contributed by atoms with van der Waals surface area (Å²) in [4.78, 5) is 1.51. The molecule has 0 bridgehead atoms. The Morgan fingerprint density at radius 3 is 2.80 bits per heavy atom. The molecule has 2 atom stereocenters. The third kappa shape index (κ3) is 4.02. The van der Waals surface area contributed by atoms with Crippen molar-refractivity contribution in [1.29, 1.82) is 0 Å². The van der Waals surface area contributed by atoms with E-state index < -0.39 is 0 Å². The highest BCUT2D eigenvalue weighted by molar-refractivity contribution is 7.99. The molecule has 112 valence electrons. The zero-order valence-corrected chi connectivity index (χ0v) is 14.2. The molecular weight excluding hydrogens is 262 g/mol. The topological polar surface area (TPSA) is 12.0 Å². The molecule has 1 aromatic carbocycles. The van der Waals surface area contributed by atoms with E-state index in [0.717, 1.165) is 24.9 Å². The maximum atomic E-state index is 3.67. The van der Waals surface area contributed by atoms with E-state index in [1.807, 2.05) is 11.8 Å². The smallest absolute Gasteiger partial charge is 0.0107 e. The third-order valence-electron chi connectivity index (χ3n) is 4.50. The molecule has 0 aliphatic carbocycles. The van der Waals surface area contributed by atoms with Crippen molar-refractivity contribution < 1.29 is 0 Å². The molecule has 1 aromatic rings. The van der Waals surface area contributed by atoms with E-state index in [2.05, 4.69) is 57.3 Å². The van der Waals surface area contributed by atoms with Gasteiger partial charge in [-0.15, -0.1) is 11.8 Å². The van der Waals surface area contributed by atoms with Gasteiger partial charge in [0.2, 0.25) is 0 Å². The molecule has 20 heavy (non-hydrogen) atoms. The Balaban J connectivity index is 1.96. The predicted octanol–water partition coefficient (Wildman–Crippen LogP) is 4.93. The molecule has 0 fully saturated rings. The fraction of sp³-hybridized carbons (Fsp3) is 0.667. The van der Waals surface area contributed by atoms with Gasteiger partial charge in [-0.2, -0.15) is 0 Å². The van der Waals surface area contributed by atoms with Gasteiger partial charge in [0.1, 0.15) is 0 Å². The Kier molecular flexibility index (Phi) is 5.57. The van der Waals surface area contributed by atoms with E-state index in [1.165, 1.54) is 23.5 Å². The minimum atomic E-state index is 0.414. The van der Waals surface area contributed by atoms with Gasteiger partial charge in [0.05, 0.1) is 0 Å². The summed E-state index contributed by atoms with van der Waals surface area (Å²) in [5.74, 6) is 2.74. The highest BCUT2D eigenvalue weighted by Crippen LogP contribution is 2.45. The molecule has 2 unspecified atom stereocenters. The van der Waals surface area contributed by atoms with Crippen molar-refractivity contribution in [3.8, 4) is 0 Å². The largest absolute Gasteiger partial charge is 0.316 e. The molecule has 0 spiro atoms. The minimum absolute atomic E-state index is 0.414. The second-order valence-electron chi connectivity index (χ2n) is 6.94. The van der Waals surface area contributed by atoms with Gasteiger partial charge in [0.15, 0.2) is 0 Å². The highest BCUT2D eigenvalue weighted by Gasteiger charge is 2.31. The lowest BCUT2D eigenvalue weighted by Gasteiger charge is -2.32. The lowest BCUT2D eigenvalue weighted by molar-refractivity contribution is 0.250. The summed E-state index contributed by atoms with van der Waals surface area (Å²) in [5.41, 5.74) is 2.00. The van der Waals surface area contributed by atoms with Crippen molar-refractivity contribution >= 4 is 11.8 Å². The van der Waals surface area contributed by atoms with E-state index in [-0.39, 0.29) is 0 Å². The van der Waals surface area contributed by atoms with Crippen LogP contribution in [0.1, 0.15) is 52.0 Å². The number of fused-ring (bicyclic) bond motifs is 1. The average molecular weight is 292 g/mol. The molecule has 0 radical (unpaired) electrons. The molecule has 1 nitrogen and oxygen atoms in total. The molecule has 1 heterocycles. The maximum absolute atomic E-state index is 3.67. The van der Waals surface area contributed by atoms with E-state index in [1.54, 1.807) is 5.56 Å². The summed E-state index contributed by atoms with van der Waals surface area (Å²) in [6.07, 6.45) is 2.56. The van der Waals surface area contributed by atoms with Crippen molar-refractivity contribution in [3.63, 3.8) is 0 Å². The summed E-state index contributed by atoms with van der Waals surface area (Å²) >= 11 is 2.04. The number of rotatable bonds is 7. The maximum Gasteiger partial charge on any atom is 0.0107 e. The second-order valence-corrected chi connectivity index (χ2v) is 8.00. The number of benzene rings is 1. The van der Waals surface area contributed by atoms with Crippen LogP contribution < -0.4 is 5.32 Å². The first-order chi connectivity index (χ1) is 9.54. The molecule has 0 saturated carbocycles. The van der Waals surface area contributed by atoms with Gasteiger partial charge in [0.25, 0.3) is 0 Å². The molecule has 0 amide bonds. The first-order valence-corrected chi connectivity index (χ1v) is 8.95. The van der Waals surface area contributed by atoms with Crippen LogP contribution in [-0.4, -0.2) is 18.8 Å². The van der Waals surface area contributed by atoms with Crippen LogP contribution in [0.3, 0.4) is 0 Å². The number of hydrogen-bond acceptors (Lipinski definition) is 2. The van der Waals surface area contributed by atoms with Gasteiger partial charge < -0.3 is 5.32 Å². The van der Waals surface area contributed by atoms with Crippen LogP contribution in [0.2, 0.25) is 0 Å². The van der Waals surface area contributed by atoms with Crippen LogP contribution in [0.4, 0.5) is 0 Å². The Labute approximate surface area is 128 Å². The van der Waals surface area contributed by atoms with Gasteiger partial charge >= 0.3 is 0 Å². The van der Waals surface area contributed by atoms with Crippen LogP contribution in [0, 0.1) is 11.3 Å². The Morgan fingerprint density at radius 1 is 1.35 bits per heavy atom. The summed E-state index contributed by atoms with van der Waals surface area (Å²) in [6.45, 7) is 11.6. The predicted molar refractivity (Wildman–Crippen MR) is 90.6 cm³/mol. The van der Waals surface area contributed by atoms with Crippen LogP contribution >= 0.6 is 11.8 Å².